The molecule has 0 atom stereocenters. The third kappa shape index (κ3) is 9.50. The first kappa shape index (κ1) is 21.5. The minimum atomic E-state index is 0. The van der Waals surface area contributed by atoms with Crippen LogP contribution in [0.3, 0.4) is 0 Å². The molecular formula is C14H29IN6S. The summed E-state index contributed by atoms with van der Waals surface area (Å²) in [6.45, 7) is 10.1. The summed E-state index contributed by atoms with van der Waals surface area (Å²) in [5.74, 6) is 0.906. The van der Waals surface area contributed by atoms with Crippen molar-refractivity contribution in [2.45, 2.75) is 44.9 Å². The maximum absolute atomic E-state index is 4.65. The molecule has 22 heavy (non-hydrogen) atoms. The lowest BCUT2D eigenvalue weighted by Gasteiger charge is -2.20. The molecule has 6 nitrogen and oxygen atoms in total. The Morgan fingerprint density at radius 2 is 1.91 bits per heavy atom. The van der Waals surface area contributed by atoms with Crippen molar-refractivity contribution < 1.29 is 0 Å². The zero-order valence-corrected chi connectivity index (χ0v) is 17.1. The lowest BCUT2D eigenvalue weighted by atomic mass is 10.2. The van der Waals surface area contributed by atoms with Crippen LogP contribution in [-0.2, 0) is 6.54 Å². The molecule has 0 unspecified atom stereocenters. The summed E-state index contributed by atoms with van der Waals surface area (Å²) in [6.07, 6.45) is 7.82. The van der Waals surface area contributed by atoms with E-state index in [9.17, 15) is 0 Å². The second kappa shape index (κ2) is 12.0. The Labute approximate surface area is 155 Å². The van der Waals surface area contributed by atoms with Crippen LogP contribution in [0.25, 0.3) is 0 Å². The summed E-state index contributed by atoms with van der Waals surface area (Å²) < 4.78 is 2.18. The van der Waals surface area contributed by atoms with Crippen molar-refractivity contribution in [2.24, 2.45) is 4.99 Å². The minimum absolute atomic E-state index is 0. The monoisotopic (exact) mass is 440 g/mol. The largest absolute Gasteiger partial charge is 0.357 e. The van der Waals surface area contributed by atoms with Gasteiger partial charge in [0.1, 0.15) is 12.7 Å². The first-order valence-electron chi connectivity index (χ1n) is 7.47. The van der Waals surface area contributed by atoms with E-state index in [-0.39, 0.29) is 28.7 Å². The van der Waals surface area contributed by atoms with E-state index in [2.05, 4.69) is 52.9 Å². The van der Waals surface area contributed by atoms with Gasteiger partial charge in [-0.05, 0) is 39.9 Å². The molecule has 0 bridgehead atoms. The van der Waals surface area contributed by atoms with Gasteiger partial charge < -0.3 is 15.2 Å². The molecule has 0 aliphatic heterocycles. The van der Waals surface area contributed by atoms with E-state index in [1.165, 1.54) is 0 Å². The van der Waals surface area contributed by atoms with Crippen LogP contribution < -0.4 is 10.6 Å². The van der Waals surface area contributed by atoms with Crippen molar-refractivity contribution in [1.29, 1.82) is 0 Å². The Morgan fingerprint density at radius 1 is 1.23 bits per heavy atom. The van der Waals surface area contributed by atoms with Crippen LogP contribution in [0.2, 0.25) is 0 Å². The summed E-state index contributed by atoms with van der Waals surface area (Å²) in [6, 6.07) is 0. The molecular weight excluding hydrogens is 411 g/mol. The molecule has 1 heterocycles. The third-order valence-electron chi connectivity index (χ3n) is 3.12. The predicted molar refractivity (Wildman–Crippen MR) is 106 cm³/mol. The zero-order chi connectivity index (χ0) is 15.6. The summed E-state index contributed by atoms with van der Waals surface area (Å²) in [5, 5.41) is 14.3. The maximum atomic E-state index is 4.65. The summed E-state index contributed by atoms with van der Waals surface area (Å²) in [5.41, 5.74) is 0. The minimum Gasteiger partial charge on any atom is -0.357 e. The highest BCUT2D eigenvalue weighted by Crippen LogP contribution is 2.20. The van der Waals surface area contributed by atoms with Crippen molar-refractivity contribution in [3.05, 3.63) is 12.7 Å². The highest BCUT2D eigenvalue weighted by molar-refractivity contribution is 14.0. The highest BCUT2D eigenvalue weighted by atomic mass is 127. The van der Waals surface area contributed by atoms with Gasteiger partial charge in [0.25, 0.3) is 0 Å². The predicted octanol–water partition coefficient (Wildman–Crippen LogP) is 2.37. The van der Waals surface area contributed by atoms with Gasteiger partial charge >= 0.3 is 0 Å². The van der Waals surface area contributed by atoms with Crippen molar-refractivity contribution in [3.63, 3.8) is 0 Å². The van der Waals surface area contributed by atoms with E-state index in [0.717, 1.165) is 45.0 Å². The van der Waals surface area contributed by atoms with Gasteiger partial charge in [0, 0.05) is 24.4 Å². The smallest absolute Gasteiger partial charge is 0.191 e. The topological polar surface area (TPSA) is 67.1 Å². The zero-order valence-electron chi connectivity index (χ0n) is 14.0. The first-order valence-corrected chi connectivity index (χ1v) is 8.69. The van der Waals surface area contributed by atoms with Crippen LogP contribution in [0.5, 0.6) is 0 Å². The van der Waals surface area contributed by atoms with E-state index in [1.807, 2.05) is 16.3 Å². The Hall–Kier alpha value is -0.510. The van der Waals surface area contributed by atoms with Crippen LogP contribution in [0, 0.1) is 0 Å². The Bertz CT molecular complexity index is 407. The molecule has 0 saturated carbocycles. The van der Waals surface area contributed by atoms with Crippen LogP contribution in [0.15, 0.2) is 17.6 Å². The maximum Gasteiger partial charge on any atom is 0.191 e. The quantitative estimate of drug-likeness (QED) is 0.267. The van der Waals surface area contributed by atoms with Crippen molar-refractivity contribution >= 4 is 41.7 Å². The number of nitrogens with one attached hydrogen (secondary N) is 2. The number of nitrogens with zero attached hydrogens (tertiary/aromatic N) is 4. The van der Waals surface area contributed by atoms with E-state index < -0.39 is 0 Å². The van der Waals surface area contributed by atoms with Gasteiger partial charge in [-0.15, -0.1) is 34.2 Å². The molecule has 0 saturated heterocycles. The third-order valence-corrected chi connectivity index (χ3v) is 4.35. The van der Waals surface area contributed by atoms with E-state index in [0.29, 0.717) is 0 Å². The molecule has 0 aliphatic carbocycles. The molecule has 1 aromatic heterocycles. The number of hydrogen-bond donors (Lipinski definition) is 2. The molecule has 0 aromatic carbocycles. The summed E-state index contributed by atoms with van der Waals surface area (Å²) in [4.78, 5) is 4.65. The second-order valence-corrected chi connectivity index (χ2v) is 7.01. The molecule has 2 N–H and O–H groups in total. The molecule has 1 aromatic rings. The number of hydrogen-bond acceptors (Lipinski definition) is 4. The Balaban J connectivity index is 0.00000441. The molecule has 128 valence electrons. The molecule has 0 spiro atoms. The molecule has 1 rings (SSSR count). The Kier molecular flexibility index (Phi) is 11.7. The molecule has 0 fully saturated rings. The van der Waals surface area contributed by atoms with Crippen molar-refractivity contribution in [1.82, 2.24) is 25.4 Å². The number of guanidine groups is 1. The number of unbranched alkanes of at least 4 members (excludes halogenated alkanes) is 1. The fourth-order valence-electron chi connectivity index (χ4n) is 1.64. The second-order valence-electron chi connectivity index (χ2n) is 5.49. The van der Waals surface area contributed by atoms with Gasteiger partial charge in [0.05, 0.1) is 6.54 Å². The number of aromatic nitrogens is 3. The lowest BCUT2D eigenvalue weighted by molar-refractivity contribution is 0.597. The number of aliphatic imine (C=N–C) groups is 1. The average Bonchev–Trinajstić information content (AvgIpc) is 2.97. The van der Waals surface area contributed by atoms with E-state index >= 15 is 0 Å². The number of rotatable bonds is 9. The van der Waals surface area contributed by atoms with Crippen LogP contribution in [0.4, 0.5) is 0 Å². The molecule has 8 heteroatoms. The first-order chi connectivity index (χ1) is 10.1. The SMILES string of the molecule is CCNC(=NCC(C)(C)SC)NCCCCn1cnnc1.I. The Morgan fingerprint density at radius 3 is 2.50 bits per heavy atom. The molecule has 0 amide bonds. The average molecular weight is 440 g/mol. The number of aryl methyl sites for hydroxylation is 1. The van der Waals surface area contributed by atoms with E-state index in [1.54, 1.807) is 12.7 Å². The van der Waals surface area contributed by atoms with Crippen molar-refractivity contribution in [3.8, 4) is 0 Å². The summed E-state index contributed by atoms with van der Waals surface area (Å²) in [7, 11) is 0. The van der Waals surface area contributed by atoms with Crippen LogP contribution in [-0.4, -0.2) is 51.4 Å². The number of halogens is 1. The molecule has 0 radical (unpaired) electrons. The van der Waals surface area contributed by atoms with Crippen molar-refractivity contribution in [2.75, 3.05) is 25.9 Å². The summed E-state index contributed by atoms with van der Waals surface area (Å²) >= 11 is 1.84. The normalized spacial score (nSPS) is 11.9. The van der Waals surface area contributed by atoms with Gasteiger partial charge in [-0.2, -0.15) is 11.8 Å². The number of thioether (sulfide) groups is 1. The fourth-order valence-corrected chi connectivity index (χ4v) is 1.83. The van der Waals surface area contributed by atoms with Gasteiger partial charge in [-0.3, -0.25) is 4.99 Å². The van der Waals surface area contributed by atoms with E-state index in [4.69, 9.17) is 0 Å². The highest BCUT2D eigenvalue weighted by Gasteiger charge is 2.15. The van der Waals surface area contributed by atoms with Gasteiger partial charge in [-0.1, -0.05) is 0 Å². The van der Waals surface area contributed by atoms with Crippen LogP contribution >= 0.6 is 35.7 Å². The fraction of sp³-hybridized carbons (Fsp3) is 0.786. The standard InChI is InChI=1S/C14H28N6S.HI/c1-5-15-13(17-10-14(2,3)21-4)16-8-6-7-9-20-11-18-19-12-20;/h11-12H,5-10H2,1-4H3,(H2,15,16,17);1H. The van der Waals surface area contributed by atoms with Gasteiger partial charge in [0.2, 0.25) is 0 Å². The lowest BCUT2D eigenvalue weighted by Crippen LogP contribution is -2.39. The van der Waals surface area contributed by atoms with Gasteiger partial charge in [0.15, 0.2) is 5.96 Å². The molecule has 0 aliphatic rings. The van der Waals surface area contributed by atoms with Crippen LogP contribution in [0.1, 0.15) is 33.6 Å². The van der Waals surface area contributed by atoms with Gasteiger partial charge in [-0.25, -0.2) is 0 Å².